The van der Waals surface area contributed by atoms with Gasteiger partial charge >= 0.3 is 5.97 Å². The van der Waals surface area contributed by atoms with Gasteiger partial charge in [-0.25, -0.2) is 4.79 Å². The molecule has 41 heavy (non-hydrogen) atoms. The standard InChI is InChI=1S/C28H24ClN3O8S/c1-3-4-11-39-27(35)20-13-18(7-9-21(20)29)30-25(33)15-31-26(34)24(41-28(31)36)14-19-8-10-23(40-19)17-6-5-16(2)22(12-17)32(37)38/h5-10,12-14H,3-4,11,15H2,1-2H3,(H,30,33)/b24-14+. The number of halogens is 1. The first-order chi connectivity index (χ1) is 19.6. The van der Waals surface area contributed by atoms with Crippen LogP contribution in [0.5, 0.6) is 0 Å². The first-order valence-electron chi connectivity index (χ1n) is 12.4. The summed E-state index contributed by atoms with van der Waals surface area (Å²) in [6.07, 6.45) is 2.91. The zero-order valence-corrected chi connectivity index (χ0v) is 23.5. The summed E-state index contributed by atoms with van der Waals surface area (Å²) in [6.45, 7) is 3.27. The van der Waals surface area contributed by atoms with E-state index in [-0.39, 0.29) is 39.2 Å². The number of nitro benzene ring substituents is 1. The maximum Gasteiger partial charge on any atom is 0.339 e. The van der Waals surface area contributed by atoms with E-state index in [4.69, 9.17) is 20.8 Å². The van der Waals surface area contributed by atoms with Gasteiger partial charge in [0.05, 0.1) is 27.0 Å². The van der Waals surface area contributed by atoms with Crippen molar-refractivity contribution in [1.82, 2.24) is 4.90 Å². The Morgan fingerprint density at radius 3 is 2.68 bits per heavy atom. The highest BCUT2D eigenvalue weighted by Crippen LogP contribution is 2.34. The number of nitro groups is 1. The summed E-state index contributed by atoms with van der Waals surface area (Å²) in [4.78, 5) is 62.0. The topological polar surface area (TPSA) is 149 Å². The van der Waals surface area contributed by atoms with Crippen molar-refractivity contribution in [2.75, 3.05) is 18.5 Å². The number of ether oxygens (including phenoxy) is 1. The normalized spacial score (nSPS) is 14.0. The number of esters is 1. The van der Waals surface area contributed by atoms with Gasteiger partial charge in [0.1, 0.15) is 18.1 Å². The minimum absolute atomic E-state index is 0.0437. The minimum atomic E-state index is -0.685. The molecule has 1 fully saturated rings. The molecule has 2 aromatic carbocycles. The summed E-state index contributed by atoms with van der Waals surface area (Å²) < 4.78 is 10.9. The maximum atomic E-state index is 12.9. The number of furan rings is 1. The average molecular weight is 598 g/mol. The predicted molar refractivity (Wildman–Crippen MR) is 153 cm³/mol. The highest BCUT2D eigenvalue weighted by atomic mass is 35.5. The summed E-state index contributed by atoms with van der Waals surface area (Å²) in [5.41, 5.74) is 1.24. The molecule has 3 aromatic rings. The fourth-order valence-corrected chi connectivity index (χ4v) is 4.81. The van der Waals surface area contributed by atoms with E-state index in [9.17, 15) is 29.3 Å². The number of benzene rings is 2. The number of anilines is 1. The molecule has 0 bridgehead atoms. The average Bonchev–Trinajstić information content (AvgIpc) is 3.50. The lowest BCUT2D eigenvalue weighted by Gasteiger charge is -2.13. The second-order valence-electron chi connectivity index (χ2n) is 8.96. The highest BCUT2D eigenvalue weighted by molar-refractivity contribution is 8.18. The summed E-state index contributed by atoms with van der Waals surface area (Å²) in [5.74, 6) is -1.39. The van der Waals surface area contributed by atoms with Crippen LogP contribution in [0, 0.1) is 17.0 Å². The van der Waals surface area contributed by atoms with Crippen molar-refractivity contribution in [2.24, 2.45) is 0 Å². The van der Waals surface area contributed by atoms with E-state index < -0.39 is 34.5 Å². The summed E-state index contributed by atoms with van der Waals surface area (Å²) in [5, 5.41) is 13.3. The van der Waals surface area contributed by atoms with Gasteiger partial charge in [-0.1, -0.05) is 37.1 Å². The molecule has 1 N–H and O–H groups in total. The summed E-state index contributed by atoms with van der Waals surface area (Å²) in [7, 11) is 0. The number of nitrogens with zero attached hydrogens (tertiary/aromatic N) is 2. The van der Waals surface area contributed by atoms with Crippen molar-refractivity contribution in [3.05, 3.63) is 85.5 Å². The molecule has 1 aliphatic heterocycles. The zero-order valence-electron chi connectivity index (χ0n) is 22.0. The lowest BCUT2D eigenvalue weighted by molar-refractivity contribution is -0.385. The molecule has 0 saturated carbocycles. The predicted octanol–water partition coefficient (Wildman–Crippen LogP) is 6.45. The molecule has 0 aliphatic carbocycles. The Hall–Kier alpha value is -4.42. The molecule has 3 amide bonds. The number of carbonyl (C=O) groups excluding carboxylic acids is 4. The van der Waals surface area contributed by atoms with Gasteiger partial charge in [0.15, 0.2) is 0 Å². The molecule has 13 heteroatoms. The number of carbonyl (C=O) groups is 4. The van der Waals surface area contributed by atoms with Crippen LogP contribution in [0.4, 0.5) is 16.2 Å². The number of aryl methyl sites for hydroxylation is 1. The first kappa shape index (κ1) is 29.6. The van der Waals surface area contributed by atoms with Crippen molar-refractivity contribution < 1.29 is 33.3 Å². The fraction of sp³-hybridized carbons (Fsp3) is 0.214. The molecule has 11 nitrogen and oxygen atoms in total. The molecule has 2 heterocycles. The van der Waals surface area contributed by atoms with Gasteiger partial charge in [-0.05, 0) is 55.4 Å². The maximum absolute atomic E-state index is 12.9. The molecule has 0 radical (unpaired) electrons. The molecule has 0 spiro atoms. The Morgan fingerprint density at radius 2 is 1.95 bits per heavy atom. The Kier molecular flexibility index (Phi) is 9.25. The molecule has 0 unspecified atom stereocenters. The molecular weight excluding hydrogens is 574 g/mol. The number of amides is 3. The van der Waals surface area contributed by atoms with Crippen molar-refractivity contribution in [3.63, 3.8) is 0 Å². The van der Waals surface area contributed by atoms with Crippen molar-refractivity contribution in [3.8, 4) is 11.3 Å². The van der Waals surface area contributed by atoms with Crippen LogP contribution in [0.3, 0.4) is 0 Å². The molecule has 1 saturated heterocycles. The smallest absolute Gasteiger partial charge is 0.339 e. The Morgan fingerprint density at radius 1 is 1.17 bits per heavy atom. The van der Waals surface area contributed by atoms with Crippen LogP contribution < -0.4 is 5.32 Å². The highest BCUT2D eigenvalue weighted by Gasteiger charge is 2.36. The largest absolute Gasteiger partial charge is 0.462 e. The molecule has 0 atom stereocenters. The van der Waals surface area contributed by atoms with Crippen molar-refractivity contribution in [2.45, 2.75) is 26.7 Å². The van der Waals surface area contributed by atoms with Crippen LogP contribution in [0.2, 0.25) is 5.02 Å². The van der Waals surface area contributed by atoms with Gasteiger partial charge in [0, 0.05) is 29.0 Å². The van der Waals surface area contributed by atoms with E-state index in [2.05, 4.69) is 5.32 Å². The quantitative estimate of drug-likeness (QED) is 0.0914. The van der Waals surface area contributed by atoms with Gasteiger partial charge in [0.2, 0.25) is 5.91 Å². The van der Waals surface area contributed by atoms with Gasteiger partial charge in [-0.2, -0.15) is 0 Å². The molecule has 1 aromatic heterocycles. The molecular formula is C28H24ClN3O8S. The van der Waals surface area contributed by atoms with Crippen LogP contribution in [0.1, 0.15) is 41.4 Å². The Bertz CT molecular complexity index is 1580. The Labute approximate surface area is 243 Å². The van der Waals surface area contributed by atoms with E-state index in [1.54, 1.807) is 31.2 Å². The molecule has 1 aliphatic rings. The zero-order chi connectivity index (χ0) is 29.7. The SMILES string of the molecule is CCCCOC(=O)c1cc(NC(=O)CN2C(=O)S/C(=C/c3ccc(-c4ccc(C)c([N+](=O)[O-])c4)o3)C2=O)ccc1Cl. The van der Waals surface area contributed by atoms with Crippen LogP contribution >= 0.6 is 23.4 Å². The second-order valence-corrected chi connectivity index (χ2v) is 10.4. The van der Waals surface area contributed by atoms with Gasteiger partial charge in [0.25, 0.3) is 16.8 Å². The van der Waals surface area contributed by atoms with Crippen LogP contribution in [0.15, 0.2) is 57.9 Å². The number of imide groups is 1. The molecule has 212 valence electrons. The van der Waals surface area contributed by atoms with E-state index in [1.807, 2.05) is 6.92 Å². The fourth-order valence-electron chi connectivity index (χ4n) is 3.80. The van der Waals surface area contributed by atoms with Crippen molar-refractivity contribution >= 4 is 63.8 Å². The van der Waals surface area contributed by atoms with Crippen LogP contribution in [-0.2, 0) is 14.3 Å². The van der Waals surface area contributed by atoms with Crippen LogP contribution in [-0.4, -0.2) is 46.0 Å². The van der Waals surface area contributed by atoms with Crippen molar-refractivity contribution in [1.29, 1.82) is 0 Å². The van der Waals surface area contributed by atoms with E-state index in [1.165, 1.54) is 30.3 Å². The monoisotopic (exact) mass is 597 g/mol. The minimum Gasteiger partial charge on any atom is -0.462 e. The third kappa shape index (κ3) is 7.02. The number of thioether (sulfide) groups is 1. The van der Waals surface area contributed by atoms with E-state index in [0.29, 0.717) is 35.1 Å². The lowest BCUT2D eigenvalue weighted by Crippen LogP contribution is -2.36. The second kappa shape index (κ2) is 12.8. The Balaban J connectivity index is 1.42. The van der Waals surface area contributed by atoms with E-state index in [0.717, 1.165) is 11.3 Å². The van der Waals surface area contributed by atoms with E-state index >= 15 is 0 Å². The lowest BCUT2D eigenvalue weighted by atomic mass is 10.1. The third-order valence-corrected chi connectivity index (χ3v) is 7.20. The first-order valence-corrected chi connectivity index (χ1v) is 13.6. The van der Waals surface area contributed by atoms with Crippen LogP contribution in [0.25, 0.3) is 17.4 Å². The number of unbranched alkanes of at least 4 members (excludes halogenated alkanes) is 1. The number of nitrogens with one attached hydrogen (secondary N) is 1. The van der Waals surface area contributed by atoms with Gasteiger partial charge < -0.3 is 14.5 Å². The summed E-state index contributed by atoms with van der Waals surface area (Å²) in [6, 6.07) is 12.1. The van der Waals surface area contributed by atoms with Gasteiger partial charge in [-0.3, -0.25) is 29.4 Å². The third-order valence-electron chi connectivity index (χ3n) is 5.97. The number of hydrogen-bond donors (Lipinski definition) is 1. The number of hydrogen-bond acceptors (Lipinski definition) is 9. The summed E-state index contributed by atoms with van der Waals surface area (Å²) >= 11 is 6.75. The number of rotatable bonds is 10. The van der Waals surface area contributed by atoms with Gasteiger partial charge in [-0.15, -0.1) is 0 Å². The molecule has 4 rings (SSSR count).